The number of fused-ring (bicyclic) bond motifs is 1. The lowest BCUT2D eigenvalue weighted by Gasteiger charge is -2.05. The molecule has 1 aliphatic rings. The molecule has 4 rings (SSSR count). The zero-order valence-corrected chi connectivity index (χ0v) is 14.4. The van der Waals surface area contributed by atoms with E-state index in [1.807, 2.05) is 6.92 Å². The minimum Gasteiger partial charge on any atom is -0.295 e. The lowest BCUT2D eigenvalue weighted by Crippen LogP contribution is -2.14. The van der Waals surface area contributed by atoms with Gasteiger partial charge in [0.05, 0.1) is 5.69 Å². The van der Waals surface area contributed by atoms with E-state index in [0.717, 1.165) is 47.6 Å². The molecule has 0 saturated heterocycles. The maximum Gasteiger partial charge on any atom is 0.278 e. The molecule has 0 saturated carbocycles. The lowest BCUT2D eigenvalue weighted by molar-refractivity contribution is 0.102. The fraction of sp³-hybridized carbons (Fsp3) is 0.294. The summed E-state index contributed by atoms with van der Waals surface area (Å²) in [5, 5.41) is 16.6. The van der Waals surface area contributed by atoms with Gasteiger partial charge in [-0.2, -0.15) is 5.10 Å². The van der Waals surface area contributed by atoms with E-state index in [9.17, 15) is 9.18 Å². The molecule has 0 atom stereocenters. The summed E-state index contributed by atoms with van der Waals surface area (Å²) < 4.78 is 14.9. The zero-order valence-electron chi connectivity index (χ0n) is 13.6. The number of benzene rings is 1. The van der Waals surface area contributed by atoms with Crippen LogP contribution in [-0.2, 0) is 19.3 Å². The molecule has 2 heterocycles. The molecule has 0 spiro atoms. The van der Waals surface area contributed by atoms with Gasteiger partial charge in [-0.25, -0.2) is 9.07 Å². The second kappa shape index (κ2) is 6.36. The Morgan fingerprint density at radius 1 is 1.28 bits per heavy atom. The van der Waals surface area contributed by atoms with Crippen LogP contribution in [0.15, 0.2) is 24.3 Å². The number of hydrogen-bond acceptors (Lipinski definition) is 5. The highest BCUT2D eigenvalue weighted by Crippen LogP contribution is 2.28. The number of rotatable bonds is 4. The Morgan fingerprint density at radius 2 is 2.08 bits per heavy atom. The Labute approximate surface area is 147 Å². The van der Waals surface area contributed by atoms with E-state index in [4.69, 9.17) is 0 Å². The zero-order chi connectivity index (χ0) is 17.4. The monoisotopic (exact) mass is 357 g/mol. The van der Waals surface area contributed by atoms with E-state index in [0.29, 0.717) is 10.8 Å². The van der Waals surface area contributed by atoms with Crippen LogP contribution < -0.4 is 5.32 Å². The van der Waals surface area contributed by atoms with E-state index in [-0.39, 0.29) is 11.7 Å². The molecule has 0 unspecified atom stereocenters. The van der Waals surface area contributed by atoms with Crippen molar-refractivity contribution < 1.29 is 9.18 Å². The van der Waals surface area contributed by atoms with Gasteiger partial charge >= 0.3 is 0 Å². The van der Waals surface area contributed by atoms with Crippen molar-refractivity contribution in [2.24, 2.45) is 0 Å². The topological polar surface area (TPSA) is 72.7 Å². The third-order valence-electron chi connectivity index (χ3n) is 4.21. The van der Waals surface area contributed by atoms with Crippen LogP contribution in [0.3, 0.4) is 0 Å². The van der Waals surface area contributed by atoms with Crippen LogP contribution in [0.2, 0.25) is 0 Å². The van der Waals surface area contributed by atoms with Crippen molar-refractivity contribution in [3.05, 3.63) is 52.0 Å². The molecule has 0 aliphatic heterocycles. The first-order valence-electron chi connectivity index (χ1n) is 8.16. The molecule has 128 valence electrons. The fourth-order valence-electron chi connectivity index (χ4n) is 3.02. The Hall–Kier alpha value is -2.61. The minimum atomic E-state index is -0.298. The molecule has 0 fully saturated rings. The van der Waals surface area contributed by atoms with Crippen LogP contribution in [0.25, 0.3) is 5.69 Å². The van der Waals surface area contributed by atoms with Crippen molar-refractivity contribution in [2.45, 2.75) is 32.6 Å². The maximum atomic E-state index is 13.2. The Balaban J connectivity index is 1.67. The predicted molar refractivity (Wildman–Crippen MR) is 92.8 cm³/mol. The van der Waals surface area contributed by atoms with E-state index >= 15 is 0 Å². The van der Waals surface area contributed by atoms with Crippen LogP contribution in [0.4, 0.5) is 9.52 Å². The number of aromatic nitrogens is 4. The van der Waals surface area contributed by atoms with Gasteiger partial charge in [0, 0.05) is 11.3 Å². The van der Waals surface area contributed by atoms with Gasteiger partial charge in [-0.15, -0.1) is 10.2 Å². The van der Waals surface area contributed by atoms with Crippen LogP contribution in [0.1, 0.15) is 40.1 Å². The first kappa shape index (κ1) is 15.9. The number of carbonyl (C=O) groups is 1. The summed E-state index contributed by atoms with van der Waals surface area (Å²) in [4.78, 5) is 12.7. The Bertz CT molecular complexity index is 931. The number of anilines is 1. The van der Waals surface area contributed by atoms with Crippen LogP contribution in [0.5, 0.6) is 0 Å². The first-order valence-corrected chi connectivity index (χ1v) is 8.98. The largest absolute Gasteiger partial charge is 0.295 e. The highest BCUT2D eigenvalue weighted by Gasteiger charge is 2.27. The average molecular weight is 357 g/mol. The normalized spacial score (nSPS) is 13.0. The van der Waals surface area contributed by atoms with Crippen LogP contribution >= 0.6 is 11.3 Å². The molecular weight excluding hydrogens is 341 g/mol. The van der Waals surface area contributed by atoms with Gasteiger partial charge in [-0.3, -0.25) is 10.1 Å². The van der Waals surface area contributed by atoms with Gasteiger partial charge in [-0.05, 0) is 49.9 Å². The summed E-state index contributed by atoms with van der Waals surface area (Å²) in [5.41, 5.74) is 3.14. The van der Waals surface area contributed by atoms with Gasteiger partial charge in [0.1, 0.15) is 10.8 Å². The molecule has 6 nitrogen and oxygen atoms in total. The standard InChI is InChI=1S/C17H16FN5OS/c1-2-14-20-21-17(25-14)19-16(24)15-12-4-3-5-13(12)23(22-15)11-8-6-10(18)7-9-11/h6-9H,2-5H2,1H3,(H,19,21,24). The first-order chi connectivity index (χ1) is 12.2. The molecule has 1 amide bonds. The smallest absolute Gasteiger partial charge is 0.278 e. The van der Waals surface area contributed by atoms with Gasteiger partial charge in [-0.1, -0.05) is 18.3 Å². The molecule has 2 aromatic heterocycles. The number of carbonyl (C=O) groups excluding carboxylic acids is 1. The summed E-state index contributed by atoms with van der Waals surface area (Å²) in [6.07, 6.45) is 3.43. The molecule has 1 aliphatic carbocycles. The molecule has 0 bridgehead atoms. The Morgan fingerprint density at radius 3 is 2.80 bits per heavy atom. The molecule has 0 radical (unpaired) electrons. The van der Waals surface area contributed by atoms with Crippen molar-refractivity contribution in [1.82, 2.24) is 20.0 Å². The van der Waals surface area contributed by atoms with E-state index < -0.39 is 0 Å². The number of aryl methyl sites for hydroxylation is 1. The molecular formula is C17H16FN5OS. The molecule has 25 heavy (non-hydrogen) atoms. The molecule has 3 aromatic rings. The fourth-order valence-corrected chi connectivity index (χ4v) is 3.69. The number of amides is 1. The van der Waals surface area contributed by atoms with Crippen molar-refractivity contribution in [2.75, 3.05) is 5.32 Å². The van der Waals surface area contributed by atoms with Gasteiger partial charge in [0.25, 0.3) is 5.91 Å². The van der Waals surface area contributed by atoms with Gasteiger partial charge in [0.2, 0.25) is 5.13 Å². The maximum absolute atomic E-state index is 13.2. The summed E-state index contributed by atoms with van der Waals surface area (Å²) >= 11 is 1.36. The number of halogens is 1. The highest BCUT2D eigenvalue weighted by atomic mass is 32.1. The van der Waals surface area contributed by atoms with Crippen molar-refractivity contribution in [3.63, 3.8) is 0 Å². The third-order valence-corrected chi connectivity index (χ3v) is 5.19. The lowest BCUT2D eigenvalue weighted by atomic mass is 10.2. The number of nitrogens with zero attached hydrogens (tertiary/aromatic N) is 4. The van der Waals surface area contributed by atoms with Crippen LogP contribution in [0, 0.1) is 5.82 Å². The number of nitrogens with one attached hydrogen (secondary N) is 1. The SMILES string of the molecule is CCc1nnc(NC(=O)c2nn(-c3ccc(F)cc3)c3c2CCC3)s1. The van der Waals surface area contributed by atoms with Crippen molar-refractivity contribution in [1.29, 1.82) is 0 Å². The van der Waals surface area contributed by atoms with E-state index in [1.165, 1.54) is 23.5 Å². The van der Waals surface area contributed by atoms with E-state index in [2.05, 4.69) is 20.6 Å². The van der Waals surface area contributed by atoms with Crippen molar-refractivity contribution >= 4 is 22.4 Å². The third kappa shape index (κ3) is 2.93. The predicted octanol–water partition coefficient (Wildman–Crippen LogP) is 3.17. The quantitative estimate of drug-likeness (QED) is 0.778. The summed E-state index contributed by atoms with van der Waals surface area (Å²) in [6.45, 7) is 1.99. The second-order valence-electron chi connectivity index (χ2n) is 5.82. The molecule has 1 aromatic carbocycles. The minimum absolute atomic E-state index is 0.280. The second-order valence-corrected chi connectivity index (χ2v) is 6.89. The van der Waals surface area contributed by atoms with Crippen molar-refractivity contribution in [3.8, 4) is 5.69 Å². The van der Waals surface area contributed by atoms with Gasteiger partial charge in [0.15, 0.2) is 5.69 Å². The van der Waals surface area contributed by atoms with Gasteiger partial charge < -0.3 is 0 Å². The Kier molecular flexibility index (Phi) is 4.04. The summed E-state index contributed by atoms with van der Waals surface area (Å²) in [5.74, 6) is -0.577. The molecule has 8 heteroatoms. The van der Waals surface area contributed by atoms with E-state index in [1.54, 1.807) is 16.8 Å². The average Bonchev–Trinajstić information content (AvgIpc) is 3.31. The molecule has 1 N–H and O–H groups in total. The highest BCUT2D eigenvalue weighted by molar-refractivity contribution is 7.15. The summed E-state index contributed by atoms with van der Waals surface area (Å²) in [7, 11) is 0. The summed E-state index contributed by atoms with van der Waals surface area (Å²) in [6, 6.07) is 6.12. The van der Waals surface area contributed by atoms with Crippen LogP contribution in [-0.4, -0.2) is 25.9 Å². The number of hydrogen-bond donors (Lipinski definition) is 1.